The maximum atomic E-state index is 14.9. The topological polar surface area (TPSA) is 103 Å². The van der Waals surface area contributed by atoms with Crippen LogP contribution in [0.1, 0.15) is 31.9 Å². The second-order valence-electron chi connectivity index (χ2n) is 7.37. The third-order valence-electron chi connectivity index (χ3n) is 5.14. The van der Waals surface area contributed by atoms with Crippen LogP contribution in [-0.2, 0) is 4.79 Å². The van der Waals surface area contributed by atoms with E-state index in [0.717, 1.165) is 19.3 Å². The molecule has 1 aliphatic rings. The second-order valence-corrected chi connectivity index (χ2v) is 7.37. The van der Waals surface area contributed by atoms with Crippen LogP contribution in [0.3, 0.4) is 0 Å². The highest BCUT2D eigenvalue weighted by atomic mass is 19.1. The van der Waals surface area contributed by atoms with E-state index in [0.29, 0.717) is 29.1 Å². The Labute approximate surface area is 163 Å². The molecule has 6 nitrogen and oxygen atoms in total. The third-order valence-corrected chi connectivity index (χ3v) is 5.14. The lowest BCUT2D eigenvalue weighted by molar-refractivity contribution is -0.124. The van der Waals surface area contributed by atoms with E-state index < -0.39 is 5.82 Å². The van der Waals surface area contributed by atoms with Crippen LogP contribution in [0.5, 0.6) is 0 Å². The Morgan fingerprint density at radius 1 is 1.39 bits per heavy atom. The Morgan fingerprint density at radius 2 is 2.14 bits per heavy atom. The third kappa shape index (κ3) is 4.20. The van der Waals surface area contributed by atoms with E-state index in [1.165, 1.54) is 12.3 Å². The first kappa shape index (κ1) is 19.9. The second kappa shape index (κ2) is 8.48. The van der Waals surface area contributed by atoms with E-state index in [2.05, 4.69) is 4.98 Å². The van der Waals surface area contributed by atoms with Gasteiger partial charge in [-0.2, -0.15) is 0 Å². The number of nitrogen functional groups attached to an aromatic ring is 1. The molecule has 148 valence electrons. The van der Waals surface area contributed by atoms with Gasteiger partial charge in [0.25, 0.3) is 0 Å². The van der Waals surface area contributed by atoms with E-state index in [1.54, 1.807) is 29.2 Å². The molecular weight excluding hydrogens is 359 g/mol. The molecule has 1 amide bonds. The van der Waals surface area contributed by atoms with E-state index in [1.807, 2.05) is 6.92 Å². The predicted octanol–water partition coefficient (Wildman–Crippen LogP) is 2.93. The Balaban J connectivity index is 1.89. The molecule has 1 aromatic heterocycles. The molecule has 3 rings (SSSR count). The van der Waals surface area contributed by atoms with Crippen LogP contribution in [0.25, 0.3) is 11.1 Å². The van der Waals surface area contributed by atoms with Gasteiger partial charge in [0.2, 0.25) is 5.91 Å². The zero-order valence-corrected chi connectivity index (χ0v) is 15.9. The summed E-state index contributed by atoms with van der Waals surface area (Å²) in [5.41, 5.74) is 7.14. The SMILES string of the molecule is CC(CO)CN(C(=O)C1CCC1)c1ccc(-c2ccc(C(=N)N)nc2)c(F)c1. The maximum absolute atomic E-state index is 14.9. The number of halogens is 1. The zero-order valence-electron chi connectivity index (χ0n) is 15.9. The van der Waals surface area contributed by atoms with Crippen molar-refractivity contribution in [2.45, 2.75) is 26.2 Å². The maximum Gasteiger partial charge on any atom is 0.230 e. The number of amidine groups is 1. The Hall–Kier alpha value is -2.80. The Kier molecular flexibility index (Phi) is 6.04. The fraction of sp³-hybridized carbons (Fsp3) is 0.381. The summed E-state index contributed by atoms with van der Waals surface area (Å²) in [4.78, 5) is 18.5. The quantitative estimate of drug-likeness (QED) is 0.504. The molecule has 1 atom stereocenters. The standard InChI is InChI=1S/C21H25FN4O2/c1-13(12-27)11-26(21(28)14-3-2-4-14)16-6-7-17(18(22)9-16)15-5-8-19(20(23)24)25-10-15/h5-10,13-14,27H,2-4,11-12H2,1H3,(H3,23,24). The number of hydrogen-bond acceptors (Lipinski definition) is 4. The average molecular weight is 384 g/mol. The smallest absolute Gasteiger partial charge is 0.230 e. The van der Waals surface area contributed by atoms with E-state index in [4.69, 9.17) is 11.1 Å². The lowest BCUT2D eigenvalue weighted by Gasteiger charge is -2.33. The Morgan fingerprint density at radius 3 is 2.64 bits per heavy atom. The molecule has 1 fully saturated rings. The molecule has 0 aliphatic heterocycles. The van der Waals surface area contributed by atoms with Gasteiger partial charge in [0, 0.05) is 42.1 Å². The van der Waals surface area contributed by atoms with Crippen LogP contribution >= 0.6 is 0 Å². The molecule has 0 radical (unpaired) electrons. The van der Waals surface area contributed by atoms with Gasteiger partial charge in [-0.3, -0.25) is 15.2 Å². The molecule has 1 saturated carbocycles. The first-order valence-electron chi connectivity index (χ1n) is 9.43. The average Bonchev–Trinajstić information content (AvgIpc) is 2.64. The number of aromatic nitrogens is 1. The molecule has 1 aliphatic carbocycles. The van der Waals surface area contributed by atoms with Crippen LogP contribution in [0, 0.1) is 23.1 Å². The summed E-state index contributed by atoms with van der Waals surface area (Å²) in [6.07, 6.45) is 4.23. The summed E-state index contributed by atoms with van der Waals surface area (Å²) >= 11 is 0. The number of rotatable bonds is 7. The van der Waals surface area contributed by atoms with Crippen LogP contribution in [0.15, 0.2) is 36.5 Å². The van der Waals surface area contributed by atoms with Crippen molar-refractivity contribution in [3.8, 4) is 11.1 Å². The number of anilines is 1. The van der Waals surface area contributed by atoms with E-state index in [9.17, 15) is 14.3 Å². The minimum Gasteiger partial charge on any atom is -0.396 e. The summed E-state index contributed by atoms with van der Waals surface area (Å²) in [5, 5.41) is 16.8. The zero-order chi connectivity index (χ0) is 20.3. The van der Waals surface area contributed by atoms with Crippen molar-refractivity contribution >= 4 is 17.4 Å². The number of carbonyl (C=O) groups is 1. The number of nitrogens with two attached hydrogens (primary N) is 1. The fourth-order valence-electron chi connectivity index (χ4n) is 3.19. The number of nitrogens with one attached hydrogen (secondary N) is 1. The molecule has 1 aromatic carbocycles. The number of nitrogens with zero attached hydrogens (tertiary/aromatic N) is 2. The number of carbonyl (C=O) groups excluding carboxylic acids is 1. The highest BCUT2D eigenvalue weighted by molar-refractivity contribution is 5.96. The molecule has 4 N–H and O–H groups in total. The summed E-state index contributed by atoms with van der Waals surface area (Å²) < 4.78 is 14.9. The van der Waals surface area contributed by atoms with Crippen molar-refractivity contribution in [2.24, 2.45) is 17.6 Å². The number of amides is 1. The van der Waals surface area contributed by atoms with Crippen molar-refractivity contribution in [3.05, 3.63) is 48.0 Å². The summed E-state index contributed by atoms with van der Waals surface area (Å²) in [7, 11) is 0. The highest BCUT2D eigenvalue weighted by Gasteiger charge is 2.31. The minimum atomic E-state index is -0.460. The predicted molar refractivity (Wildman–Crippen MR) is 107 cm³/mol. The largest absolute Gasteiger partial charge is 0.396 e. The molecule has 0 spiro atoms. The number of hydrogen-bond donors (Lipinski definition) is 3. The molecule has 28 heavy (non-hydrogen) atoms. The fourth-order valence-corrected chi connectivity index (χ4v) is 3.19. The number of aliphatic hydroxyl groups is 1. The van der Waals surface area contributed by atoms with Crippen molar-refractivity contribution in [1.29, 1.82) is 5.41 Å². The highest BCUT2D eigenvalue weighted by Crippen LogP contribution is 2.32. The molecule has 7 heteroatoms. The molecule has 1 unspecified atom stereocenters. The van der Waals surface area contributed by atoms with Crippen molar-refractivity contribution in [2.75, 3.05) is 18.1 Å². The summed E-state index contributed by atoms with van der Waals surface area (Å²) in [5.74, 6) is -0.735. The molecular formula is C21H25FN4O2. The number of benzene rings is 1. The minimum absolute atomic E-state index is 0.00817. The van der Waals surface area contributed by atoms with Gasteiger partial charge in [-0.15, -0.1) is 0 Å². The lowest BCUT2D eigenvalue weighted by atomic mass is 9.84. The monoisotopic (exact) mass is 384 g/mol. The van der Waals surface area contributed by atoms with Gasteiger partial charge in [-0.25, -0.2) is 4.39 Å². The van der Waals surface area contributed by atoms with Crippen LogP contribution in [0.2, 0.25) is 0 Å². The Bertz CT molecular complexity index is 865. The van der Waals surface area contributed by atoms with Crippen molar-refractivity contribution in [3.63, 3.8) is 0 Å². The van der Waals surface area contributed by atoms with Gasteiger partial charge in [0.15, 0.2) is 0 Å². The molecule has 1 heterocycles. The van der Waals surface area contributed by atoms with E-state index in [-0.39, 0.29) is 30.2 Å². The van der Waals surface area contributed by atoms with Crippen LogP contribution in [0.4, 0.5) is 10.1 Å². The van der Waals surface area contributed by atoms with Gasteiger partial charge < -0.3 is 15.7 Å². The van der Waals surface area contributed by atoms with Crippen LogP contribution in [-0.4, -0.2) is 35.0 Å². The van der Waals surface area contributed by atoms with Gasteiger partial charge in [-0.1, -0.05) is 19.4 Å². The molecule has 0 saturated heterocycles. The van der Waals surface area contributed by atoms with Gasteiger partial charge in [0.05, 0.1) is 0 Å². The van der Waals surface area contributed by atoms with Gasteiger partial charge >= 0.3 is 0 Å². The molecule has 2 aromatic rings. The first-order valence-corrected chi connectivity index (χ1v) is 9.43. The lowest BCUT2D eigenvalue weighted by Crippen LogP contribution is -2.42. The van der Waals surface area contributed by atoms with Gasteiger partial charge in [-0.05, 0) is 43.0 Å². The number of aliphatic hydroxyl groups excluding tert-OH is 1. The molecule has 0 bridgehead atoms. The van der Waals surface area contributed by atoms with Gasteiger partial charge in [0.1, 0.15) is 17.3 Å². The summed E-state index contributed by atoms with van der Waals surface area (Å²) in [6, 6.07) is 7.93. The van der Waals surface area contributed by atoms with Crippen LogP contribution < -0.4 is 10.6 Å². The van der Waals surface area contributed by atoms with E-state index >= 15 is 0 Å². The van der Waals surface area contributed by atoms with Crippen molar-refractivity contribution < 1.29 is 14.3 Å². The van der Waals surface area contributed by atoms with Crippen molar-refractivity contribution in [1.82, 2.24) is 4.98 Å². The number of pyridine rings is 1. The normalized spacial score (nSPS) is 15.0. The summed E-state index contributed by atoms with van der Waals surface area (Å²) in [6.45, 7) is 2.16. The first-order chi connectivity index (χ1) is 13.4.